The standard InChI is InChI=1S/C2H3NO3.C2H2O4.Na/c2*3-1(4)2(5)6;/h(H2,3,4)(H,5,6);(H,3,4)(H,5,6);/q;;+1/p-1. The summed E-state index contributed by atoms with van der Waals surface area (Å²) in [5.41, 5.74) is 4.13. The van der Waals surface area contributed by atoms with E-state index in [9.17, 15) is 4.79 Å². The maximum Gasteiger partial charge on any atom is 1.00 e. The molecule has 1 amide bonds. The zero-order valence-electron chi connectivity index (χ0n) is 6.51. The molecule has 0 bridgehead atoms. The predicted molar refractivity (Wildman–Crippen MR) is 29.5 cm³/mol. The van der Waals surface area contributed by atoms with Crippen molar-refractivity contribution in [3.63, 3.8) is 0 Å². The van der Waals surface area contributed by atoms with Crippen LogP contribution in [0, 0.1) is 0 Å². The van der Waals surface area contributed by atoms with E-state index < -0.39 is 23.8 Å². The largest absolute Gasteiger partial charge is 1.00 e. The Morgan fingerprint density at radius 1 is 1.00 bits per heavy atom. The summed E-state index contributed by atoms with van der Waals surface area (Å²) in [4.78, 5) is 36.6. The second kappa shape index (κ2) is 8.97. The van der Waals surface area contributed by atoms with E-state index in [2.05, 4.69) is 5.73 Å². The van der Waals surface area contributed by atoms with Crippen molar-refractivity contribution >= 4 is 23.8 Å². The number of primary amides is 1. The van der Waals surface area contributed by atoms with Crippen LogP contribution in [-0.4, -0.2) is 34.0 Å². The molecule has 13 heavy (non-hydrogen) atoms. The molecule has 0 saturated carbocycles. The number of carbonyl (C=O) groups is 4. The summed E-state index contributed by atoms with van der Waals surface area (Å²) in [6.45, 7) is 0. The maximum atomic E-state index is 9.26. The normalized spacial score (nSPS) is 6.77. The van der Waals surface area contributed by atoms with Gasteiger partial charge in [0, 0.05) is 0 Å². The molecule has 0 aromatic rings. The average molecular weight is 201 g/mol. The molecular weight excluding hydrogens is 197 g/mol. The summed E-state index contributed by atoms with van der Waals surface area (Å²) < 4.78 is 0. The van der Waals surface area contributed by atoms with Gasteiger partial charge in [0.25, 0.3) is 5.91 Å². The molecule has 0 atom stereocenters. The monoisotopic (exact) mass is 201 g/mol. The Kier molecular flexibility index (Phi) is 12.3. The van der Waals surface area contributed by atoms with Crippen LogP contribution in [0.3, 0.4) is 0 Å². The van der Waals surface area contributed by atoms with E-state index in [1.165, 1.54) is 0 Å². The van der Waals surface area contributed by atoms with Crippen molar-refractivity contribution in [2.45, 2.75) is 0 Å². The van der Waals surface area contributed by atoms with E-state index in [-0.39, 0.29) is 29.6 Å². The fraction of sp³-hybridized carbons (Fsp3) is 0. The van der Waals surface area contributed by atoms with Crippen LogP contribution in [0.2, 0.25) is 0 Å². The third kappa shape index (κ3) is 18.1. The quantitative estimate of drug-likeness (QED) is 0.259. The Morgan fingerprint density at radius 3 is 1.15 bits per heavy atom. The van der Waals surface area contributed by atoms with Crippen molar-refractivity contribution in [3.05, 3.63) is 0 Å². The van der Waals surface area contributed by atoms with E-state index >= 15 is 0 Å². The molecule has 0 aromatic heterocycles. The molecule has 0 unspecified atom stereocenters. The summed E-state index contributed by atoms with van der Waals surface area (Å²) in [6, 6.07) is 0. The number of carboxylic acids is 3. The van der Waals surface area contributed by atoms with Gasteiger partial charge in [-0.15, -0.1) is 0 Å². The number of nitrogens with two attached hydrogens (primary N) is 1. The van der Waals surface area contributed by atoms with Crippen LogP contribution in [-0.2, 0) is 19.2 Å². The van der Waals surface area contributed by atoms with Crippen molar-refractivity contribution in [1.82, 2.24) is 0 Å². The average Bonchev–Trinajstić information content (AvgIpc) is 1.88. The van der Waals surface area contributed by atoms with E-state index in [1.807, 2.05) is 0 Å². The van der Waals surface area contributed by atoms with Crippen molar-refractivity contribution < 1.29 is 64.1 Å². The van der Waals surface area contributed by atoms with Gasteiger partial charge < -0.3 is 25.8 Å². The molecule has 9 heteroatoms. The Bertz CT molecular complexity index is 177. The fourth-order valence-corrected chi connectivity index (χ4v) is 0. The minimum Gasteiger partial charge on any atom is -0.540 e. The first-order valence-electron chi connectivity index (χ1n) is 2.26. The Labute approximate surface area is 93.6 Å². The van der Waals surface area contributed by atoms with Crippen molar-refractivity contribution in [1.29, 1.82) is 0 Å². The van der Waals surface area contributed by atoms with Crippen LogP contribution < -0.4 is 40.4 Å². The maximum absolute atomic E-state index is 9.26. The number of carboxylic acid groups (broad SMARTS) is 3. The molecule has 0 radical (unpaired) electrons. The number of carbonyl (C=O) groups excluding carboxylic acids is 2. The molecular formula is C4H4NNaO7. The molecule has 0 saturated heterocycles. The zero-order chi connectivity index (χ0) is 10.3. The molecule has 0 fully saturated rings. The number of aliphatic carboxylic acids is 3. The van der Waals surface area contributed by atoms with Gasteiger partial charge in [-0.3, -0.25) is 4.79 Å². The van der Waals surface area contributed by atoms with E-state index in [0.717, 1.165) is 0 Å². The second-order valence-corrected chi connectivity index (χ2v) is 1.26. The topological polar surface area (TPSA) is 158 Å². The molecule has 0 rings (SSSR count). The molecule has 0 aliphatic heterocycles. The summed E-state index contributed by atoms with van der Waals surface area (Å²) in [6.07, 6.45) is 0. The van der Waals surface area contributed by atoms with Gasteiger partial charge in [-0.2, -0.15) is 0 Å². The smallest absolute Gasteiger partial charge is 0.540 e. The van der Waals surface area contributed by atoms with Gasteiger partial charge in [0.1, 0.15) is 5.97 Å². The number of hydrogen-bond donors (Lipinski definition) is 3. The van der Waals surface area contributed by atoms with Crippen molar-refractivity contribution in [2.24, 2.45) is 5.73 Å². The van der Waals surface area contributed by atoms with Crippen LogP contribution in [0.25, 0.3) is 0 Å². The van der Waals surface area contributed by atoms with Crippen LogP contribution >= 0.6 is 0 Å². The van der Waals surface area contributed by atoms with Crippen molar-refractivity contribution in [2.75, 3.05) is 0 Å². The van der Waals surface area contributed by atoms with Gasteiger partial charge in [0.15, 0.2) is 0 Å². The molecule has 4 N–H and O–H groups in total. The van der Waals surface area contributed by atoms with Gasteiger partial charge >= 0.3 is 41.5 Å². The minimum absolute atomic E-state index is 0. The summed E-state index contributed by atoms with van der Waals surface area (Å²) >= 11 is 0. The van der Waals surface area contributed by atoms with E-state index in [1.54, 1.807) is 0 Å². The third-order valence-electron chi connectivity index (χ3n) is 0.384. The third-order valence-corrected chi connectivity index (χ3v) is 0.384. The van der Waals surface area contributed by atoms with Crippen molar-refractivity contribution in [3.8, 4) is 0 Å². The van der Waals surface area contributed by atoms with Gasteiger partial charge in [0.05, 0.1) is 0 Å². The van der Waals surface area contributed by atoms with Crippen LogP contribution in [0.5, 0.6) is 0 Å². The SMILES string of the molecule is NC(=O)C(=O)[O-].O=C(O)C(=O)O.[Na+]. The first-order chi connectivity index (χ1) is 5.29. The number of amides is 1. The fourth-order valence-electron chi connectivity index (χ4n) is 0. The molecule has 8 nitrogen and oxygen atoms in total. The molecule has 0 heterocycles. The predicted octanol–water partition coefficient (Wildman–Crippen LogP) is -6.62. The molecule has 0 aliphatic carbocycles. The van der Waals surface area contributed by atoms with Gasteiger partial charge in [-0.05, 0) is 0 Å². The first-order valence-corrected chi connectivity index (χ1v) is 2.26. The van der Waals surface area contributed by atoms with Crippen LogP contribution in [0.1, 0.15) is 0 Å². The Morgan fingerprint density at radius 2 is 1.15 bits per heavy atom. The molecule has 68 valence electrons. The summed E-state index contributed by atoms with van der Waals surface area (Å²) in [5, 5.41) is 23.9. The molecule has 0 aliphatic rings. The van der Waals surface area contributed by atoms with Gasteiger partial charge in [-0.25, -0.2) is 9.59 Å². The number of rotatable bonds is 0. The van der Waals surface area contributed by atoms with E-state index in [4.69, 9.17) is 29.7 Å². The molecule has 0 aromatic carbocycles. The second-order valence-electron chi connectivity index (χ2n) is 1.26. The van der Waals surface area contributed by atoms with E-state index in [0.29, 0.717) is 0 Å². The van der Waals surface area contributed by atoms with Gasteiger partial charge in [0.2, 0.25) is 0 Å². The number of hydrogen-bond acceptors (Lipinski definition) is 5. The Hall–Kier alpha value is -1.12. The van der Waals surface area contributed by atoms with Crippen LogP contribution in [0.15, 0.2) is 0 Å². The Balaban J connectivity index is -0.000000143. The summed E-state index contributed by atoms with van der Waals surface area (Å²) in [7, 11) is 0. The summed E-state index contributed by atoms with van der Waals surface area (Å²) in [5.74, 6) is -6.94. The zero-order valence-corrected chi connectivity index (χ0v) is 8.51. The van der Waals surface area contributed by atoms with Gasteiger partial charge in [-0.1, -0.05) is 0 Å². The first kappa shape index (κ1) is 17.8. The minimum atomic E-state index is -1.85. The molecule has 0 spiro atoms. The van der Waals surface area contributed by atoms with Crippen LogP contribution in [0.4, 0.5) is 0 Å².